The molecule has 0 saturated heterocycles. The van der Waals surface area contributed by atoms with Crippen molar-refractivity contribution in [2.24, 2.45) is 0 Å². The van der Waals surface area contributed by atoms with E-state index < -0.39 is 13.0 Å². The molecule has 84 valence electrons. The highest BCUT2D eigenvalue weighted by Crippen LogP contribution is 1.98. The summed E-state index contributed by atoms with van der Waals surface area (Å²) in [6.07, 6.45) is -0.884. The van der Waals surface area contributed by atoms with E-state index in [1.807, 2.05) is 0 Å². The van der Waals surface area contributed by atoms with Crippen molar-refractivity contribution in [2.75, 3.05) is 34.0 Å². The van der Waals surface area contributed by atoms with Crippen LogP contribution < -0.4 is 0 Å². The van der Waals surface area contributed by atoms with Crippen LogP contribution in [-0.4, -0.2) is 50.8 Å². The van der Waals surface area contributed by atoms with Crippen molar-refractivity contribution in [3.63, 3.8) is 0 Å². The quantitative estimate of drug-likeness (QED) is 0.390. The van der Waals surface area contributed by atoms with Crippen molar-refractivity contribution in [3.05, 3.63) is 0 Å². The first-order valence-electron chi connectivity index (χ1n) is 4.59. The highest BCUT2D eigenvalue weighted by Gasteiger charge is 2.15. The average molecular weight is 208 g/mol. The maximum atomic E-state index is 12.3. The van der Waals surface area contributed by atoms with Crippen LogP contribution in [0.4, 0.5) is 9.18 Å². The Balaban J connectivity index is 3.59. The fraction of sp³-hybridized carbons (Fsp3) is 0.889. The van der Waals surface area contributed by atoms with Gasteiger partial charge < -0.3 is 9.47 Å². The molecule has 0 amide bonds. The van der Waals surface area contributed by atoms with Gasteiger partial charge in [-0.3, -0.25) is 4.48 Å². The van der Waals surface area contributed by atoms with Gasteiger partial charge in [0.15, 0.2) is 0 Å². The predicted octanol–water partition coefficient (Wildman–Crippen LogP) is 1.55. The molecule has 0 unspecified atom stereocenters. The van der Waals surface area contributed by atoms with Gasteiger partial charge in [-0.25, -0.2) is 4.79 Å². The predicted molar refractivity (Wildman–Crippen MR) is 50.5 cm³/mol. The number of quaternary nitrogens is 1. The fourth-order valence-corrected chi connectivity index (χ4v) is 0.662. The van der Waals surface area contributed by atoms with Crippen LogP contribution in [0.2, 0.25) is 0 Å². The van der Waals surface area contributed by atoms with Gasteiger partial charge in [0.1, 0.15) is 13.2 Å². The Morgan fingerprint density at radius 1 is 1.43 bits per heavy atom. The Kier molecular flexibility index (Phi) is 5.45. The minimum atomic E-state index is -0.696. The van der Waals surface area contributed by atoms with Crippen LogP contribution in [0.25, 0.3) is 0 Å². The lowest BCUT2D eigenvalue weighted by Gasteiger charge is -2.25. The van der Waals surface area contributed by atoms with Gasteiger partial charge in [-0.15, -0.1) is 0 Å². The summed E-state index contributed by atoms with van der Waals surface area (Å²) in [5.74, 6) is 0. The number of ether oxygens (including phenoxy) is 2. The highest BCUT2D eigenvalue weighted by molar-refractivity contribution is 5.59. The van der Waals surface area contributed by atoms with E-state index in [9.17, 15) is 9.18 Å². The Bertz CT molecular complexity index is 183. The van der Waals surface area contributed by atoms with Crippen molar-refractivity contribution in [1.29, 1.82) is 0 Å². The summed E-state index contributed by atoms with van der Waals surface area (Å²) in [5.41, 5.74) is 0. The van der Waals surface area contributed by atoms with Crippen molar-refractivity contribution in [3.8, 4) is 0 Å². The van der Waals surface area contributed by atoms with Crippen LogP contribution in [0, 0.1) is 0 Å². The molecule has 0 aliphatic carbocycles. The summed E-state index contributed by atoms with van der Waals surface area (Å²) in [6, 6.07) is 0. The Hall–Kier alpha value is -0.840. The van der Waals surface area contributed by atoms with Crippen LogP contribution in [0.1, 0.15) is 13.8 Å². The summed E-state index contributed by atoms with van der Waals surface area (Å²) < 4.78 is 22.0. The van der Waals surface area contributed by atoms with Crippen molar-refractivity contribution < 1.29 is 23.1 Å². The molecule has 14 heavy (non-hydrogen) atoms. The summed E-state index contributed by atoms with van der Waals surface area (Å²) in [5, 5.41) is 0. The third kappa shape index (κ3) is 6.65. The van der Waals surface area contributed by atoms with Gasteiger partial charge in [-0.1, -0.05) is 0 Å². The Morgan fingerprint density at radius 2 is 2.00 bits per heavy atom. The van der Waals surface area contributed by atoms with Crippen LogP contribution in [0.3, 0.4) is 0 Å². The van der Waals surface area contributed by atoms with Crippen LogP contribution in [-0.2, 0) is 9.47 Å². The molecule has 4 nitrogen and oxygen atoms in total. The first-order valence-corrected chi connectivity index (χ1v) is 4.59. The average Bonchev–Trinajstić information content (AvgIpc) is 2.02. The number of rotatable bonds is 5. The zero-order chi connectivity index (χ0) is 11.2. The number of carbonyl (C=O) groups is 1. The number of carbonyl (C=O) groups excluding carboxylic acids is 1. The number of alkyl halides is 1. The summed E-state index contributed by atoms with van der Waals surface area (Å²) in [4.78, 5) is 10.9. The van der Waals surface area contributed by atoms with Crippen molar-refractivity contribution >= 4 is 6.16 Å². The molecule has 0 aliphatic rings. The number of halogens is 1. The van der Waals surface area contributed by atoms with E-state index >= 15 is 0 Å². The molecular formula is C9H19FNO3+. The molecule has 0 saturated carbocycles. The largest absolute Gasteiger partial charge is 0.508 e. The summed E-state index contributed by atoms with van der Waals surface area (Å²) in [6.45, 7) is 3.60. The molecule has 0 heterocycles. The van der Waals surface area contributed by atoms with E-state index in [4.69, 9.17) is 9.47 Å². The topological polar surface area (TPSA) is 35.5 Å². The van der Waals surface area contributed by atoms with E-state index in [0.29, 0.717) is 6.54 Å². The van der Waals surface area contributed by atoms with E-state index in [0.717, 1.165) is 0 Å². The molecule has 0 bridgehead atoms. The van der Waals surface area contributed by atoms with Gasteiger partial charge >= 0.3 is 6.16 Å². The number of nitrogens with zero attached hydrogens (tertiary/aromatic N) is 1. The molecule has 0 N–H and O–H groups in total. The van der Waals surface area contributed by atoms with Gasteiger partial charge in [0, 0.05) is 0 Å². The van der Waals surface area contributed by atoms with Gasteiger partial charge in [0.2, 0.25) is 6.80 Å². The molecule has 0 spiro atoms. The van der Waals surface area contributed by atoms with Crippen LogP contribution >= 0.6 is 0 Å². The van der Waals surface area contributed by atoms with Gasteiger partial charge in [0.05, 0.1) is 20.2 Å². The zero-order valence-corrected chi connectivity index (χ0v) is 9.25. The van der Waals surface area contributed by atoms with E-state index in [-0.39, 0.29) is 17.2 Å². The summed E-state index contributed by atoms with van der Waals surface area (Å²) in [7, 11) is 3.44. The maximum absolute atomic E-state index is 12.3. The van der Waals surface area contributed by atoms with Crippen LogP contribution in [0.15, 0.2) is 0 Å². The number of hydrogen-bond donors (Lipinski definition) is 0. The monoisotopic (exact) mass is 208 g/mol. The van der Waals surface area contributed by atoms with E-state index in [1.54, 1.807) is 27.9 Å². The molecule has 0 fully saturated rings. The first-order chi connectivity index (χ1) is 6.37. The SMILES string of the molecule is CC(C)OC(=O)OCC[N+](C)(C)CF. The summed E-state index contributed by atoms with van der Waals surface area (Å²) >= 11 is 0. The second-order valence-corrected chi connectivity index (χ2v) is 4.04. The molecule has 0 atom stereocenters. The Labute approximate surface area is 84.2 Å². The number of likely N-dealkylation sites (N-methyl/N-ethyl adjacent to an activating group) is 1. The lowest BCUT2D eigenvalue weighted by Crippen LogP contribution is -2.41. The zero-order valence-electron chi connectivity index (χ0n) is 9.25. The lowest BCUT2D eigenvalue weighted by molar-refractivity contribution is -0.902. The van der Waals surface area contributed by atoms with Gasteiger partial charge in [-0.2, -0.15) is 4.39 Å². The smallest absolute Gasteiger partial charge is 0.432 e. The van der Waals surface area contributed by atoms with Crippen molar-refractivity contribution in [1.82, 2.24) is 0 Å². The molecule has 0 rings (SSSR count). The molecule has 0 aromatic rings. The molecule has 5 heteroatoms. The minimum absolute atomic E-state index is 0.169. The third-order valence-corrected chi connectivity index (χ3v) is 1.57. The van der Waals surface area contributed by atoms with Gasteiger partial charge in [0.25, 0.3) is 0 Å². The minimum Gasteiger partial charge on any atom is -0.432 e. The molecular weight excluding hydrogens is 189 g/mol. The fourth-order valence-electron chi connectivity index (χ4n) is 0.662. The second kappa shape index (κ2) is 5.80. The lowest BCUT2D eigenvalue weighted by atomic mass is 10.5. The normalized spacial score (nSPS) is 11.6. The third-order valence-electron chi connectivity index (χ3n) is 1.57. The molecule has 0 aromatic carbocycles. The molecule has 0 aromatic heterocycles. The molecule has 0 aliphatic heterocycles. The molecule has 0 radical (unpaired) electrons. The number of hydrogen-bond acceptors (Lipinski definition) is 3. The first kappa shape index (κ1) is 13.2. The second-order valence-electron chi connectivity index (χ2n) is 4.04. The Morgan fingerprint density at radius 3 is 2.43 bits per heavy atom. The standard InChI is InChI=1S/C9H19FNO3/c1-8(2)14-9(12)13-6-5-11(3,4)7-10/h8H,5-7H2,1-4H3/q+1. The van der Waals surface area contributed by atoms with Gasteiger partial charge in [-0.05, 0) is 13.8 Å². The highest BCUT2D eigenvalue weighted by atomic mass is 19.1. The van der Waals surface area contributed by atoms with E-state index in [1.165, 1.54) is 0 Å². The maximum Gasteiger partial charge on any atom is 0.508 e. The van der Waals surface area contributed by atoms with Crippen molar-refractivity contribution in [2.45, 2.75) is 20.0 Å². The van der Waals surface area contributed by atoms with Crippen LogP contribution in [0.5, 0.6) is 0 Å². The van der Waals surface area contributed by atoms with E-state index in [2.05, 4.69) is 0 Å².